The van der Waals surface area contributed by atoms with Crippen molar-refractivity contribution in [3.63, 3.8) is 0 Å². The Bertz CT molecular complexity index is 3020. The molecule has 290 valence electrons. The molecule has 5 nitrogen and oxygen atoms in total. The van der Waals surface area contributed by atoms with Crippen LogP contribution in [0.5, 0.6) is 17.2 Å². The van der Waals surface area contributed by atoms with E-state index in [0.717, 1.165) is 11.1 Å². The average Bonchev–Trinajstić information content (AvgIpc) is 3.25. The lowest BCUT2D eigenvalue weighted by atomic mass is 9.99. The fourth-order valence-corrected chi connectivity index (χ4v) is 14.2. The third-order valence-corrected chi connectivity index (χ3v) is 17.1. The number of hydrogen-bond acceptors (Lipinski definition) is 5. The Morgan fingerprint density at radius 2 is 1.02 bits per heavy atom. The normalized spacial score (nSPS) is 18.7. The van der Waals surface area contributed by atoms with Gasteiger partial charge in [-0.1, -0.05) is 73.7 Å². The number of rotatable bonds is 5. The van der Waals surface area contributed by atoms with Crippen LogP contribution in [-0.2, 0) is 9.13 Å². The van der Waals surface area contributed by atoms with E-state index in [1.54, 1.807) is 43.3 Å². The molecule has 0 spiro atoms. The first-order valence-corrected chi connectivity index (χ1v) is 22.3. The largest absolute Gasteiger partial charge is 0.460 e. The third-order valence-electron chi connectivity index (χ3n) is 11.0. The summed E-state index contributed by atoms with van der Waals surface area (Å²) >= 11 is 0. The zero-order valence-corrected chi connectivity index (χ0v) is 33.0. The lowest BCUT2D eigenvalue weighted by Crippen LogP contribution is -2.31. The minimum atomic E-state index is -3.90. The molecule has 0 amide bonds. The topological polar surface area (TPSA) is 65.5 Å². The molecule has 0 radical (unpaired) electrons. The number of hydrogen-bond donors (Lipinski definition) is 0. The maximum absolute atomic E-state index is 15.6. The first-order chi connectivity index (χ1) is 28.5. The van der Waals surface area contributed by atoms with Crippen LogP contribution in [0.2, 0.25) is 0 Å². The van der Waals surface area contributed by atoms with Crippen LogP contribution in [0, 0.1) is 23.4 Å². The molecule has 7 aromatic rings. The van der Waals surface area contributed by atoms with Gasteiger partial charge in [-0.15, -0.1) is 0 Å². The van der Waals surface area contributed by atoms with Gasteiger partial charge in [-0.05, 0) is 96.1 Å². The highest BCUT2D eigenvalue weighted by atomic mass is 31.2. The number of nitrogens with zero attached hydrogens (tertiary/aromatic N) is 1. The minimum Gasteiger partial charge on any atom is -0.460 e. The number of aromatic nitrogens is 1. The molecule has 59 heavy (non-hydrogen) atoms. The van der Waals surface area contributed by atoms with Gasteiger partial charge in [0.25, 0.3) is 0 Å². The molecule has 2 aliphatic heterocycles. The Morgan fingerprint density at radius 1 is 0.525 bits per heavy atom. The molecule has 0 bridgehead atoms. The molecular weight excluding hydrogens is 792 g/mol. The molecule has 3 heterocycles. The van der Waals surface area contributed by atoms with E-state index in [-0.39, 0.29) is 44.9 Å². The third kappa shape index (κ3) is 6.11. The first kappa shape index (κ1) is 37.0. The smallest absolute Gasteiger partial charge is 0.178 e. The van der Waals surface area contributed by atoms with E-state index < -0.39 is 43.5 Å². The molecule has 0 saturated carbocycles. The monoisotopic (exact) mass is 823 g/mol. The van der Waals surface area contributed by atoms with Gasteiger partial charge in [0.05, 0.1) is 32.6 Å². The fraction of sp³-hybridized carbons (Fsp3) is 0.0625. The van der Waals surface area contributed by atoms with Crippen LogP contribution in [0.4, 0.5) is 17.6 Å². The fourth-order valence-electron chi connectivity index (χ4n) is 8.18. The number of halogens is 4. The molecule has 2 unspecified atom stereocenters. The van der Waals surface area contributed by atoms with Crippen LogP contribution in [0.1, 0.15) is 13.3 Å². The standard InChI is InChI=1S/C48H31F4NO4P2/c1-28-19-36(52)27-47-48(28)57-43-18-15-35(51)26-46(43)59(47,55)38-12-6-10-31(21-38)40-23-32(29-7-3-2-4-8-29)22-39(53-40)30-9-5-11-37(20-30)58(54)44-24-33(49)13-16-41(44)56-42-17-14-34(50)25-45(42)58/h2-18,20-28H,19H2,1H3. The van der Waals surface area contributed by atoms with E-state index >= 15 is 13.5 Å². The van der Waals surface area contributed by atoms with E-state index in [1.807, 2.05) is 54.6 Å². The second-order valence-electron chi connectivity index (χ2n) is 14.8. The Hall–Kier alpha value is -6.27. The van der Waals surface area contributed by atoms with E-state index in [1.165, 1.54) is 60.7 Å². The number of ether oxygens (including phenoxy) is 2. The van der Waals surface area contributed by atoms with E-state index in [4.69, 9.17) is 14.5 Å². The van der Waals surface area contributed by atoms with Crippen molar-refractivity contribution in [1.29, 1.82) is 0 Å². The molecule has 3 aliphatic rings. The number of benzene rings is 6. The molecule has 0 saturated heterocycles. The Labute approximate surface area is 337 Å². The molecule has 2 atom stereocenters. The van der Waals surface area contributed by atoms with Crippen LogP contribution in [0.15, 0.2) is 169 Å². The van der Waals surface area contributed by atoms with E-state index in [0.29, 0.717) is 38.9 Å². The molecule has 0 N–H and O–H groups in total. The van der Waals surface area contributed by atoms with Gasteiger partial charge in [0, 0.05) is 34.1 Å². The van der Waals surface area contributed by atoms with Gasteiger partial charge in [-0.25, -0.2) is 22.5 Å². The quantitative estimate of drug-likeness (QED) is 0.128. The second kappa shape index (κ2) is 13.9. The molecular formula is C48H31F4NO4P2. The first-order valence-electron chi connectivity index (χ1n) is 18.9. The maximum Gasteiger partial charge on any atom is 0.178 e. The average molecular weight is 824 g/mol. The summed E-state index contributed by atoms with van der Waals surface area (Å²) in [5.41, 5.74) is 3.82. The van der Waals surface area contributed by atoms with Crippen molar-refractivity contribution in [3.05, 3.63) is 186 Å². The van der Waals surface area contributed by atoms with Crippen molar-refractivity contribution < 1.29 is 36.2 Å². The summed E-state index contributed by atoms with van der Waals surface area (Å²) in [7, 11) is -7.80. The highest BCUT2D eigenvalue weighted by Crippen LogP contribution is 2.61. The summed E-state index contributed by atoms with van der Waals surface area (Å²) in [6.45, 7) is 1.81. The summed E-state index contributed by atoms with van der Waals surface area (Å²) in [6.07, 6.45) is 1.35. The van der Waals surface area contributed by atoms with Crippen molar-refractivity contribution in [3.8, 4) is 50.9 Å². The maximum atomic E-state index is 15.6. The summed E-state index contributed by atoms with van der Waals surface area (Å²) in [6, 6.07) is 38.9. The van der Waals surface area contributed by atoms with Crippen molar-refractivity contribution in [2.45, 2.75) is 13.3 Å². The summed E-state index contributed by atoms with van der Waals surface area (Å²) < 4.78 is 103. The molecule has 0 fully saturated rings. The highest BCUT2D eigenvalue weighted by Gasteiger charge is 2.44. The van der Waals surface area contributed by atoms with Gasteiger partial charge in [-0.2, -0.15) is 0 Å². The zero-order valence-electron chi connectivity index (χ0n) is 31.2. The van der Waals surface area contributed by atoms with Crippen molar-refractivity contribution in [2.24, 2.45) is 5.92 Å². The predicted octanol–water partition coefficient (Wildman–Crippen LogP) is 11.1. The van der Waals surface area contributed by atoms with Crippen molar-refractivity contribution in [1.82, 2.24) is 4.98 Å². The lowest BCUT2D eigenvalue weighted by Gasteiger charge is -2.34. The van der Waals surface area contributed by atoms with Crippen LogP contribution < -0.4 is 36.0 Å². The van der Waals surface area contributed by atoms with Crippen LogP contribution in [0.25, 0.3) is 33.6 Å². The second-order valence-corrected chi connectivity index (χ2v) is 20.2. The van der Waals surface area contributed by atoms with Crippen LogP contribution in [-0.4, -0.2) is 4.98 Å². The van der Waals surface area contributed by atoms with Gasteiger partial charge in [0.2, 0.25) is 0 Å². The molecule has 1 aromatic heterocycles. The zero-order chi connectivity index (χ0) is 40.6. The summed E-state index contributed by atoms with van der Waals surface area (Å²) in [5, 5.41) is 1.23. The van der Waals surface area contributed by atoms with Gasteiger partial charge in [0.15, 0.2) is 14.3 Å². The minimum absolute atomic E-state index is 0.0889. The lowest BCUT2D eigenvalue weighted by molar-refractivity contribution is 0.336. The Kier molecular flexibility index (Phi) is 8.75. The molecule has 6 aromatic carbocycles. The molecule has 11 heteroatoms. The van der Waals surface area contributed by atoms with E-state index in [2.05, 4.69) is 0 Å². The summed E-state index contributed by atoms with van der Waals surface area (Å²) in [4.78, 5) is 5.11. The Morgan fingerprint density at radius 3 is 1.58 bits per heavy atom. The van der Waals surface area contributed by atoms with Gasteiger partial charge in [-0.3, -0.25) is 0 Å². The number of allylic oxidation sites excluding steroid dienone is 4. The van der Waals surface area contributed by atoms with Crippen LogP contribution in [0.3, 0.4) is 0 Å². The van der Waals surface area contributed by atoms with E-state index in [9.17, 15) is 13.2 Å². The number of fused-ring (bicyclic) bond motifs is 3. The molecule has 10 rings (SSSR count). The Balaban J connectivity index is 1.15. The van der Waals surface area contributed by atoms with Gasteiger partial charge >= 0.3 is 0 Å². The van der Waals surface area contributed by atoms with Crippen LogP contribution >= 0.6 is 14.3 Å². The summed E-state index contributed by atoms with van der Waals surface area (Å²) in [5.74, 6) is -1.60. The van der Waals surface area contributed by atoms with Crippen molar-refractivity contribution in [2.75, 3.05) is 0 Å². The van der Waals surface area contributed by atoms with Gasteiger partial charge in [0.1, 0.15) is 46.3 Å². The number of pyridine rings is 1. The highest BCUT2D eigenvalue weighted by molar-refractivity contribution is 7.85. The SMILES string of the molecule is CC1CC(F)=CC2=C1Oc1ccc(F)cc1P2(=O)c1cccc(-c2cc(-c3ccccc3)cc(-c3cccc(P4(=O)c5cc(F)ccc5Oc5ccc(F)cc54)c3)n2)c1. The van der Waals surface area contributed by atoms with Gasteiger partial charge < -0.3 is 18.6 Å². The predicted molar refractivity (Wildman–Crippen MR) is 224 cm³/mol. The van der Waals surface area contributed by atoms with Crippen molar-refractivity contribution >= 4 is 40.8 Å². The molecule has 1 aliphatic carbocycles.